The molecule has 23 nitrogen and oxygen atoms in total. The zero-order chi connectivity index (χ0) is 57.8. The van der Waals surface area contributed by atoms with Crippen molar-refractivity contribution in [3.8, 4) is 0 Å². The Labute approximate surface area is 458 Å². The summed E-state index contributed by atoms with van der Waals surface area (Å²) < 4.78 is 47.6. The largest absolute Gasteiger partial charge is 0.633 e. The lowest BCUT2D eigenvalue weighted by Crippen LogP contribution is -2.63. The van der Waals surface area contributed by atoms with Crippen molar-refractivity contribution in [2.24, 2.45) is 28.8 Å². The fourth-order valence-corrected chi connectivity index (χ4v) is 11.3. The predicted octanol–water partition coefficient (Wildman–Crippen LogP) is 4.51. The van der Waals surface area contributed by atoms with E-state index in [9.17, 15) is 45.1 Å². The molecule has 77 heavy (non-hydrogen) atoms. The number of quaternary nitrogens is 1. The molecule has 2 amide bonds. The first-order valence-corrected chi connectivity index (χ1v) is 27.4. The van der Waals surface area contributed by atoms with E-state index in [4.69, 9.17) is 42.7 Å². The maximum atomic E-state index is 14.6. The van der Waals surface area contributed by atoms with Crippen molar-refractivity contribution in [2.45, 2.75) is 186 Å². The molecule has 0 aliphatic carbocycles. The Bertz CT molecular complexity index is 2080. The van der Waals surface area contributed by atoms with Crippen LogP contribution in [0.25, 0.3) is 0 Å². The molecule has 5 N–H and O–H groups in total. The standard InChI is InChI=1S/C53H89N5O18S/c1-16-23-69-49(63)56(20-21-57(50(64)70-24-17-2)30-39-54-19-26-77-39)22-25-71-55-41-31(4)28-51(10,65)46(76-48-42(59)37(58(13,14)67)27-32(5)72-48)34(7)43(75-40-29-52(11,68-15)45(61)36(9)73-40)35(8)47(62)74-38(18-3)53(12,66)44(60)33(41)6/h16-17,19,26,31-38,40,42-46,48,59-61,65-66H,1-2,18,20-25,27-30H2,3-15H3/b55-41+/t31-,32-,33+,34+,35-,36+,37?,38-,40+,42+,43+,44+,45+,46+,48+,51-,52-,53-/m1/s1. The number of esters is 1. The maximum Gasteiger partial charge on any atom is 0.410 e. The van der Waals surface area contributed by atoms with Crippen LogP contribution in [0.5, 0.6) is 0 Å². The average Bonchev–Trinajstić information content (AvgIpc) is 3.89. The van der Waals surface area contributed by atoms with Gasteiger partial charge in [0, 0.05) is 62.4 Å². The number of rotatable bonds is 20. The van der Waals surface area contributed by atoms with Gasteiger partial charge in [0.15, 0.2) is 18.7 Å². The zero-order valence-electron chi connectivity index (χ0n) is 47.3. The van der Waals surface area contributed by atoms with Gasteiger partial charge >= 0.3 is 18.2 Å². The summed E-state index contributed by atoms with van der Waals surface area (Å²) in [5.41, 5.74) is -5.06. The molecule has 1 aromatic rings. The summed E-state index contributed by atoms with van der Waals surface area (Å²) in [5.74, 6) is -4.88. The van der Waals surface area contributed by atoms with Crippen molar-refractivity contribution in [1.29, 1.82) is 0 Å². The highest BCUT2D eigenvalue weighted by atomic mass is 32.1. The molecule has 3 saturated heterocycles. The highest BCUT2D eigenvalue weighted by Gasteiger charge is 2.54. The monoisotopic (exact) mass is 1120 g/mol. The number of thiazole rings is 1. The number of aromatic nitrogens is 1. The minimum Gasteiger partial charge on any atom is -0.633 e. The average molecular weight is 1120 g/mol. The lowest BCUT2D eigenvalue weighted by Gasteiger charge is -2.51. The summed E-state index contributed by atoms with van der Waals surface area (Å²) >= 11 is 1.34. The summed E-state index contributed by atoms with van der Waals surface area (Å²) in [5, 5.41) is 80.8. The maximum absolute atomic E-state index is 14.6. The second-order valence-electron chi connectivity index (χ2n) is 22.0. The molecule has 1 aromatic heterocycles. The van der Waals surface area contributed by atoms with E-state index in [1.165, 1.54) is 68.3 Å². The van der Waals surface area contributed by atoms with Crippen molar-refractivity contribution in [3.05, 3.63) is 47.1 Å². The van der Waals surface area contributed by atoms with Gasteiger partial charge in [-0.25, -0.2) is 14.6 Å². The zero-order valence-corrected chi connectivity index (χ0v) is 48.2. The number of likely N-dealkylation sites (N-methyl/N-ethyl adjacent to an activating group) is 1. The highest BCUT2D eigenvalue weighted by Crippen LogP contribution is 2.41. The third-order valence-electron chi connectivity index (χ3n) is 15.2. The first-order valence-electron chi connectivity index (χ1n) is 26.5. The topological polar surface area (TPSA) is 290 Å². The quantitative estimate of drug-likeness (QED) is 0.0300. The number of carbonyl (C=O) groups excluding carboxylic acids is 3. The van der Waals surface area contributed by atoms with Gasteiger partial charge in [-0.1, -0.05) is 58.2 Å². The molecule has 4 rings (SSSR count). The van der Waals surface area contributed by atoms with Crippen molar-refractivity contribution in [1.82, 2.24) is 14.8 Å². The third-order valence-corrected chi connectivity index (χ3v) is 16.0. The molecule has 0 bridgehead atoms. The molecule has 18 atom stereocenters. The van der Waals surface area contributed by atoms with Crippen LogP contribution >= 0.6 is 11.3 Å². The Morgan fingerprint density at radius 3 is 2.13 bits per heavy atom. The molecule has 0 spiro atoms. The van der Waals surface area contributed by atoms with Gasteiger partial charge in [0.1, 0.15) is 48.7 Å². The number of hydrogen-bond donors (Lipinski definition) is 5. The minimum absolute atomic E-state index is 0.00588. The van der Waals surface area contributed by atoms with Gasteiger partial charge in [-0.05, 0) is 54.4 Å². The van der Waals surface area contributed by atoms with Crippen LogP contribution in [0, 0.1) is 28.9 Å². The van der Waals surface area contributed by atoms with Crippen molar-refractivity contribution in [3.63, 3.8) is 0 Å². The van der Waals surface area contributed by atoms with Crippen LogP contribution in [0.15, 0.2) is 42.0 Å². The Balaban J connectivity index is 1.80. The van der Waals surface area contributed by atoms with Crippen LogP contribution in [-0.2, 0) is 54.1 Å². The third kappa shape index (κ3) is 17.1. The SMILES string of the molecule is C=CCOC(=O)N(CCO/N=C1\[C@H](C)C[C@@](C)(O)[C@@H](O[C@@H]2O[C@H](C)CC([N+](C)(C)[O-])[C@@H]2O)[C@@H](C)[C@H](O[C@H]2C[C@@](C)(OC)[C@@H](O)[C@H](C)O2)[C@@H](C)C(=O)O[C@H](CC)[C@@](C)(O)[C@@H](O)[C@H]1C)CCN(Cc1nccs1)C(=O)OCC=C. The fourth-order valence-electron chi connectivity index (χ4n) is 10.7. The molecule has 0 aromatic carbocycles. The number of carbonyl (C=O) groups is 3. The van der Waals surface area contributed by atoms with Crippen molar-refractivity contribution >= 4 is 35.2 Å². The minimum atomic E-state index is -2.11. The Hall–Kier alpha value is -3.89. The number of ether oxygens (including phenoxy) is 8. The first-order chi connectivity index (χ1) is 36.0. The number of hydroxylamine groups is 3. The number of oxime groups is 1. The number of aliphatic hydroxyl groups is 5. The number of aliphatic hydroxyl groups excluding tert-OH is 3. The second-order valence-corrected chi connectivity index (χ2v) is 22.9. The van der Waals surface area contributed by atoms with Crippen LogP contribution in [0.3, 0.4) is 0 Å². The van der Waals surface area contributed by atoms with E-state index in [0.717, 1.165) is 0 Å². The second kappa shape index (κ2) is 28.5. The molecule has 3 aliphatic heterocycles. The molecule has 1 unspecified atom stereocenters. The van der Waals surface area contributed by atoms with E-state index in [1.54, 1.807) is 67.0 Å². The van der Waals surface area contributed by atoms with Gasteiger partial charge in [-0.3, -0.25) is 9.69 Å². The number of amides is 2. The molecule has 0 saturated carbocycles. The van der Waals surface area contributed by atoms with Gasteiger partial charge in [0.05, 0.1) is 80.5 Å². The van der Waals surface area contributed by atoms with E-state index in [0.29, 0.717) is 5.01 Å². The molecule has 3 fully saturated rings. The van der Waals surface area contributed by atoms with E-state index >= 15 is 0 Å². The Morgan fingerprint density at radius 2 is 1.56 bits per heavy atom. The number of hydrogen-bond acceptors (Lipinski definition) is 21. The Kier molecular flexibility index (Phi) is 24.3. The molecule has 0 radical (unpaired) electrons. The molecule has 4 heterocycles. The van der Waals surface area contributed by atoms with Crippen molar-refractivity contribution < 1.29 is 87.3 Å². The first kappa shape index (κ1) is 65.6. The number of methoxy groups -OCH3 is 1. The van der Waals surface area contributed by atoms with E-state index < -0.39 is 131 Å². The van der Waals surface area contributed by atoms with Crippen LogP contribution < -0.4 is 0 Å². The summed E-state index contributed by atoms with van der Waals surface area (Å²) in [7, 11) is 4.27. The summed E-state index contributed by atoms with van der Waals surface area (Å²) in [6, 6.07) is -0.893. The lowest BCUT2D eigenvalue weighted by molar-refractivity contribution is -0.874. The van der Waals surface area contributed by atoms with E-state index in [-0.39, 0.29) is 77.4 Å². The molecule has 24 heteroatoms. The van der Waals surface area contributed by atoms with Gasteiger partial charge in [-0.15, -0.1) is 11.3 Å². The number of nitrogens with zero attached hydrogens (tertiary/aromatic N) is 5. The summed E-state index contributed by atoms with van der Waals surface area (Å²) in [6.07, 6.45) is -8.88. The van der Waals surface area contributed by atoms with Crippen LogP contribution in [-0.4, -0.2) is 214 Å². The van der Waals surface area contributed by atoms with Gasteiger partial charge in [-0.2, -0.15) is 0 Å². The summed E-state index contributed by atoms with van der Waals surface area (Å²) in [6.45, 7) is 23.0. The predicted molar refractivity (Wildman–Crippen MR) is 284 cm³/mol. The fraction of sp³-hybridized carbons (Fsp3) is 0.792. The lowest BCUT2D eigenvalue weighted by atomic mass is 9.73. The molecular formula is C53H89N5O18S. The van der Waals surface area contributed by atoms with Crippen LogP contribution in [0.1, 0.15) is 99.9 Å². The van der Waals surface area contributed by atoms with Gasteiger partial charge < -0.3 is 83.0 Å². The smallest absolute Gasteiger partial charge is 0.410 e. The van der Waals surface area contributed by atoms with Crippen LogP contribution in [0.2, 0.25) is 0 Å². The van der Waals surface area contributed by atoms with Crippen molar-refractivity contribution in [2.75, 3.05) is 60.7 Å². The van der Waals surface area contributed by atoms with Gasteiger partial charge in [0.25, 0.3) is 0 Å². The molecule has 3 aliphatic rings. The number of cyclic esters (lactones) is 1. The Morgan fingerprint density at radius 1 is 0.935 bits per heavy atom. The highest BCUT2D eigenvalue weighted by molar-refractivity contribution is 7.09. The summed E-state index contributed by atoms with van der Waals surface area (Å²) in [4.78, 5) is 54.1. The van der Waals surface area contributed by atoms with E-state index in [1.807, 2.05) is 0 Å². The normalized spacial score (nSPS) is 37.2. The van der Waals surface area contributed by atoms with Crippen LogP contribution in [0.4, 0.5) is 9.59 Å². The molecular weight excluding hydrogens is 1030 g/mol. The van der Waals surface area contributed by atoms with E-state index in [2.05, 4.69) is 23.3 Å². The molecule has 440 valence electrons. The van der Waals surface area contributed by atoms with Gasteiger partial charge in [0.2, 0.25) is 0 Å².